The summed E-state index contributed by atoms with van der Waals surface area (Å²) in [7, 11) is 1.63. The third kappa shape index (κ3) is 5.65. The van der Waals surface area contributed by atoms with E-state index in [0.717, 1.165) is 40.4 Å². The number of ether oxygens (including phenoxy) is 1. The fourth-order valence-corrected chi connectivity index (χ4v) is 4.49. The van der Waals surface area contributed by atoms with Gasteiger partial charge >= 0.3 is 0 Å². The van der Waals surface area contributed by atoms with Crippen LogP contribution in [-0.2, 0) is 9.59 Å². The predicted octanol–water partition coefficient (Wildman–Crippen LogP) is 5.29. The van der Waals surface area contributed by atoms with Gasteiger partial charge in [-0.1, -0.05) is 0 Å². The molecule has 2 amide bonds. The van der Waals surface area contributed by atoms with Crippen molar-refractivity contribution in [3.05, 3.63) is 53.9 Å². The zero-order valence-corrected chi connectivity index (χ0v) is 18.9. The molecule has 2 aromatic carbocycles. The van der Waals surface area contributed by atoms with Gasteiger partial charge in [0.05, 0.1) is 18.1 Å². The average Bonchev–Trinajstić information content (AvgIpc) is 3.54. The zero-order valence-electron chi connectivity index (χ0n) is 17.3. The summed E-state index contributed by atoms with van der Waals surface area (Å²) < 4.78 is 5.18. The van der Waals surface area contributed by atoms with Gasteiger partial charge < -0.3 is 15.4 Å². The van der Waals surface area contributed by atoms with Crippen molar-refractivity contribution >= 4 is 45.7 Å². The Bertz CT molecular complexity index is 1060. The number of anilines is 2. The Morgan fingerprint density at radius 1 is 1.10 bits per heavy atom. The van der Waals surface area contributed by atoms with Crippen molar-refractivity contribution in [2.24, 2.45) is 5.92 Å². The monoisotopic (exact) mass is 453 g/mol. The van der Waals surface area contributed by atoms with E-state index in [0.29, 0.717) is 5.13 Å². The molecule has 1 atom stereocenters. The fraction of sp³-hybridized carbons (Fsp3) is 0.261. The zero-order chi connectivity index (χ0) is 21.8. The molecular weight excluding hydrogens is 430 g/mol. The molecule has 1 aromatic heterocycles. The van der Waals surface area contributed by atoms with Crippen LogP contribution >= 0.6 is 23.1 Å². The first-order valence-corrected chi connectivity index (χ1v) is 11.8. The lowest BCUT2D eigenvalue weighted by molar-refractivity contribution is -0.117. The standard InChI is InChI=1S/C23H23N3O3S2/c1-14(31-19-11-7-17(8-12-19)24-22(28)16-3-4-16)21(27)26-23-25-20(13-30-23)15-5-9-18(29-2)10-6-15/h5-14,16H,3-4H2,1-2H3,(H,24,28)(H,25,26,27). The Kier molecular flexibility index (Phi) is 6.58. The highest BCUT2D eigenvalue weighted by atomic mass is 32.2. The van der Waals surface area contributed by atoms with Gasteiger partial charge in [-0.15, -0.1) is 23.1 Å². The molecule has 0 aliphatic heterocycles. The van der Waals surface area contributed by atoms with Crippen molar-refractivity contribution in [1.82, 2.24) is 4.98 Å². The van der Waals surface area contributed by atoms with E-state index < -0.39 is 0 Å². The summed E-state index contributed by atoms with van der Waals surface area (Å²) in [5.74, 6) is 0.947. The van der Waals surface area contributed by atoms with Crippen LogP contribution in [0.1, 0.15) is 19.8 Å². The number of thiazole rings is 1. The molecule has 8 heteroatoms. The molecule has 6 nitrogen and oxygen atoms in total. The van der Waals surface area contributed by atoms with Gasteiger partial charge in [-0.05, 0) is 68.3 Å². The molecule has 1 heterocycles. The number of carbonyl (C=O) groups is 2. The van der Waals surface area contributed by atoms with Crippen molar-refractivity contribution < 1.29 is 14.3 Å². The van der Waals surface area contributed by atoms with E-state index >= 15 is 0 Å². The predicted molar refractivity (Wildman–Crippen MR) is 126 cm³/mol. The van der Waals surface area contributed by atoms with E-state index in [4.69, 9.17) is 4.74 Å². The first-order valence-electron chi connectivity index (χ1n) is 10.0. The van der Waals surface area contributed by atoms with Crippen LogP contribution in [0, 0.1) is 5.92 Å². The molecule has 4 rings (SSSR count). The smallest absolute Gasteiger partial charge is 0.239 e. The van der Waals surface area contributed by atoms with Crippen molar-refractivity contribution in [2.45, 2.75) is 29.9 Å². The SMILES string of the molecule is COc1ccc(-c2csc(NC(=O)C(C)Sc3ccc(NC(=O)C4CC4)cc3)n2)cc1. The number of nitrogens with one attached hydrogen (secondary N) is 2. The molecule has 1 aliphatic carbocycles. The topological polar surface area (TPSA) is 80.3 Å². The summed E-state index contributed by atoms with van der Waals surface area (Å²) in [5, 5.41) is 8.02. The maximum absolute atomic E-state index is 12.6. The summed E-state index contributed by atoms with van der Waals surface area (Å²) in [4.78, 5) is 29.9. The van der Waals surface area contributed by atoms with Crippen molar-refractivity contribution in [3.63, 3.8) is 0 Å². The van der Waals surface area contributed by atoms with Gasteiger partial charge in [-0.2, -0.15) is 0 Å². The van der Waals surface area contributed by atoms with Gasteiger partial charge in [0, 0.05) is 27.4 Å². The second kappa shape index (κ2) is 9.53. The number of aromatic nitrogens is 1. The third-order valence-corrected chi connectivity index (χ3v) is 6.74. The minimum atomic E-state index is -0.291. The molecule has 1 fully saturated rings. The van der Waals surface area contributed by atoms with Crippen LogP contribution in [0.5, 0.6) is 5.75 Å². The van der Waals surface area contributed by atoms with Crippen molar-refractivity contribution in [3.8, 4) is 17.0 Å². The molecule has 2 N–H and O–H groups in total. The number of nitrogens with zero attached hydrogens (tertiary/aromatic N) is 1. The van der Waals surface area contributed by atoms with Crippen molar-refractivity contribution in [1.29, 1.82) is 0 Å². The maximum atomic E-state index is 12.6. The molecule has 1 saturated carbocycles. The lowest BCUT2D eigenvalue weighted by Gasteiger charge is -2.11. The van der Waals surface area contributed by atoms with Gasteiger partial charge in [0.15, 0.2) is 5.13 Å². The summed E-state index contributed by atoms with van der Waals surface area (Å²) in [6.45, 7) is 1.86. The molecular formula is C23H23N3O3S2. The highest BCUT2D eigenvalue weighted by Crippen LogP contribution is 2.31. The van der Waals surface area contributed by atoms with Crippen LogP contribution in [-0.4, -0.2) is 29.2 Å². The van der Waals surface area contributed by atoms with E-state index in [2.05, 4.69) is 15.6 Å². The van der Waals surface area contributed by atoms with Gasteiger partial charge in [0.25, 0.3) is 0 Å². The Hall–Kier alpha value is -2.84. The van der Waals surface area contributed by atoms with Crippen LogP contribution in [0.15, 0.2) is 58.8 Å². The Morgan fingerprint density at radius 2 is 1.81 bits per heavy atom. The summed E-state index contributed by atoms with van der Waals surface area (Å²) in [6.07, 6.45) is 1.96. The number of methoxy groups -OCH3 is 1. The fourth-order valence-electron chi connectivity index (χ4n) is 2.90. The molecule has 3 aromatic rings. The Morgan fingerprint density at radius 3 is 2.45 bits per heavy atom. The van der Waals surface area contributed by atoms with Crippen LogP contribution in [0.2, 0.25) is 0 Å². The number of amides is 2. The van der Waals surface area contributed by atoms with Gasteiger partial charge in [-0.25, -0.2) is 4.98 Å². The summed E-state index contributed by atoms with van der Waals surface area (Å²) >= 11 is 2.86. The third-order valence-electron chi connectivity index (χ3n) is 4.87. The van der Waals surface area contributed by atoms with E-state index in [1.54, 1.807) is 7.11 Å². The second-order valence-electron chi connectivity index (χ2n) is 7.30. The average molecular weight is 454 g/mol. The molecule has 1 aliphatic rings. The molecule has 160 valence electrons. The van der Waals surface area contributed by atoms with Crippen LogP contribution in [0.25, 0.3) is 11.3 Å². The van der Waals surface area contributed by atoms with E-state index in [1.807, 2.05) is 60.8 Å². The second-order valence-corrected chi connectivity index (χ2v) is 9.58. The molecule has 1 unspecified atom stereocenters. The first kappa shape index (κ1) is 21.4. The molecule has 0 radical (unpaired) electrons. The number of carbonyl (C=O) groups excluding carboxylic acids is 2. The van der Waals surface area contributed by atoms with Crippen LogP contribution < -0.4 is 15.4 Å². The van der Waals surface area contributed by atoms with E-state index in [-0.39, 0.29) is 23.0 Å². The van der Waals surface area contributed by atoms with Crippen molar-refractivity contribution in [2.75, 3.05) is 17.7 Å². The lowest BCUT2D eigenvalue weighted by Crippen LogP contribution is -2.22. The first-order chi connectivity index (χ1) is 15.0. The number of thioether (sulfide) groups is 1. The minimum Gasteiger partial charge on any atom is -0.497 e. The minimum absolute atomic E-state index is 0.0885. The molecule has 0 spiro atoms. The normalized spacial score (nSPS) is 14.0. The number of hydrogen-bond acceptors (Lipinski definition) is 6. The maximum Gasteiger partial charge on any atom is 0.239 e. The molecule has 0 saturated heterocycles. The number of benzene rings is 2. The van der Waals surface area contributed by atoms with Gasteiger partial charge in [-0.3, -0.25) is 9.59 Å². The Labute approximate surface area is 189 Å². The Balaban J connectivity index is 1.31. The van der Waals surface area contributed by atoms with E-state index in [9.17, 15) is 9.59 Å². The highest BCUT2D eigenvalue weighted by Gasteiger charge is 2.29. The largest absolute Gasteiger partial charge is 0.497 e. The van der Waals surface area contributed by atoms with Gasteiger partial charge in [0.1, 0.15) is 5.75 Å². The van der Waals surface area contributed by atoms with E-state index in [1.165, 1.54) is 23.1 Å². The summed E-state index contributed by atoms with van der Waals surface area (Å²) in [5.41, 5.74) is 2.56. The molecule has 0 bridgehead atoms. The highest BCUT2D eigenvalue weighted by molar-refractivity contribution is 8.00. The summed E-state index contributed by atoms with van der Waals surface area (Å²) in [6, 6.07) is 15.2. The molecule has 31 heavy (non-hydrogen) atoms. The van der Waals surface area contributed by atoms with Gasteiger partial charge in [0.2, 0.25) is 11.8 Å². The van der Waals surface area contributed by atoms with Crippen LogP contribution in [0.3, 0.4) is 0 Å². The quantitative estimate of drug-likeness (QED) is 0.453. The number of hydrogen-bond donors (Lipinski definition) is 2. The van der Waals surface area contributed by atoms with Crippen LogP contribution in [0.4, 0.5) is 10.8 Å². The number of rotatable bonds is 8. The lowest BCUT2D eigenvalue weighted by atomic mass is 10.2.